The van der Waals surface area contributed by atoms with Crippen molar-refractivity contribution < 1.29 is 4.79 Å². The number of nitrogens with one attached hydrogen (secondary N) is 1. The summed E-state index contributed by atoms with van der Waals surface area (Å²) in [4.78, 5) is 19.3. The summed E-state index contributed by atoms with van der Waals surface area (Å²) in [5.41, 5.74) is 0.321. The average molecular weight is 226 g/mol. The lowest BCUT2D eigenvalue weighted by atomic mass is 10.3. The van der Waals surface area contributed by atoms with Crippen LogP contribution in [0.2, 0.25) is 5.15 Å². The maximum Gasteiger partial charge on any atom is 0.271 e. The standard InChI is InChI=1S/C10H12ClN3O/c1-2-6-3-7(6)14-10(15)8-4-13-9(11)5-12-8/h4-7H,2-3H2,1H3,(H,14,15). The Hall–Kier alpha value is -1.16. The molecule has 0 aromatic carbocycles. The second-order valence-corrected chi connectivity index (χ2v) is 4.10. The summed E-state index contributed by atoms with van der Waals surface area (Å²) in [6, 6.07) is 0.319. The third-order valence-electron chi connectivity index (χ3n) is 2.62. The van der Waals surface area contributed by atoms with Gasteiger partial charge >= 0.3 is 0 Å². The molecule has 1 saturated carbocycles. The van der Waals surface area contributed by atoms with Crippen LogP contribution in [0.4, 0.5) is 0 Å². The van der Waals surface area contributed by atoms with Gasteiger partial charge in [0.15, 0.2) is 0 Å². The van der Waals surface area contributed by atoms with Gasteiger partial charge in [-0.2, -0.15) is 0 Å². The minimum absolute atomic E-state index is 0.167. The maximum absolute atomic E-state index is 11.6. The number of halogens is 1. The van der Waals surface area contributed by atoms with E-state index in [0.717, 1.165) is 12.8 Å². The Labute approximate surface area is 93.1 Å². The minimum Gasteiger partial charge on any atom is -0.348 e. The predicted molar refractivity (Wildman–Crippen MR) is 56.7 cm³/mol. The first-order valence-corrected chi connectivity index (χ1v) is 5.37. The van der Waals surface area contributed by atoms with E-state index < -0.39 is 0 Å². The third-order valence-corrected chi connectivity index (χ3v) is 2.81. The van der Waals surface area contributed by atoms with Crippen LogP contribution in [0.15, 0.2) is 12.4 Å². The van der Waals surface area contributed by atoms with Crippen LogP contribution in [-0.4, -0.2) is 21.9 Å². The number of aromatic nitrogens is 2. The molecule has 1 aromatic heterocycles. The normalized spacial score (nSPS) is 23.6. The van der Waals surface area contributed by atoms with E-state index >= 15 is 0 Å². The van der Waals surface area contributed by atoms with Crippen LogP contribution in [0.3, 0.4) is 0 Å². The molecule has 0 bridgehead atoms. The van der Waals surface area contributed by atoms with E-state index in [1.807, 2.05) is 0 Å². The molecule has 1 N–H and O–H groups in total. The number of carbonyl (C=O) groups excluding carboxylic acids is 1. The van der Waals surface area contributed by atoms with Crippen molar-refractivity contribution in [2.24, 2.45) is 5.92 Å². The Bertz CT molecular complexity index is 365. The summed E-state index contributed by atoms with van der Waals surface area (Å²) >= 11 is 5.57. The molecule has 0 spiro atoms. The summed E-state index contributed by atoms with van der Waals surface area (Å²) in [6.07, 6.45) is 4.95. The SMILES string of the molecule is CCC1CC1NC(=O)c1cnc(Cl)cn1. The zero-order valence-electron chi connectivity index (χ0n) is 8.40. The van der Waals surface area contributed by atoms with E-state index in [0.29, 0.717) is 22.8 Å². The van der Waals surface area contributed by atoms with Crippen LogP contribution in [0.25, 0.3) is 0 Å². The molecule has 2 rings (SSSR count). The van der Waals surface area contributed by atoms with E-state index in [-0.39, 0.29) is 5.91 Å². The predicted octanol–water partition coefficient (Wildman–Crippen LogP) is 1.66. The molecule has 1 aromatic rings. The number of amides is 1. The van der Waals surface area contributed by atoms with Gasteiger partial charge in [0.2, 0.25) is 0 Å². The molecule has 2 atom stereocenters. The summed E-state index contributed by atoms with van der Waals surface area (Å²) in [7, 11) is 0. The van der Waals surface area contributed by atoms with Gasteiger partial charge in [0.05, 0.1) is 12.4 Å². The molecule has 1 aliphatic rings. The first-order valence-electron chi connectivity index (χ1n) is 4.99. The lowest BCUT2D eigenvalue weighted by Gasteiger charge is -2.02. The quantitative estimate of drug-likeness (QED) is 0.851. The third kappa shape index (κ3) is 2.45. The average Bonchev–Trinajstić information content (AvgIpc) is 2.97. The lowest BCUT2D eigenvalue weighted by Crippen LogP contribution is -2.27. The van der Waals surface area contributed by atoms with E-state index in [1.54, 1.807) is 0 Å². The molecule has 15 heavy (non-hydrogen) atoms. The Morgan fingerprint density at radius 2 is 2.40 bits per heavy atom. The highest BCUT2D eigenvalue weighted by molar-refractivity contribution is 6.29. The fourth-order valence-corrected chi connectivity index (χ4v) is 1.65. The fourth-order valence-electron chi connectivity index (χ4n) is 1.55. The summed E-state index contributed by atoms with van der Waals surface area (Å²) in [5.74, 6) is 0.467. The Morgan fingerprint density at radius 3 is 2.93 bits per heavy atom. The first-order chi connectivity index (χ1) is 7.20. The highest BCUT2D eigenvalue weighted by atomic mass is 35.5. The molecule has 1 heterocycles. The molecule has 1 fully saturated rings. The highest BCUT2D eigenvalue weighted by Gasteiger charge is 2.36. The molecule has 1 amide bonds. The smallest absolute Gasteiger partial charge is 0.271 e. The number of carbonyl (C=O) groups is 1. The van der Waals surface area contributed by atoms with Crippen molar-refractivity contribution in [3.05, 3.63) is 23.2 Å². The highest BCUT2D eigenvalue weighted by Crippen LogP contribution is 2.33. The van der Waals surface area contributed by atoms with Gasteiger partial charge in [-0.25, -0.2) is 9.97 Å². The number of rotatable bonds is 3. The van der Waals surface area contributed by atoms with Crippen molar-refractivity contribution in [3.8, 4) is 0 Å². The molecule has 80 valence electrons. The molecular weight excluding hydrogens is 214 g/mol. The van der Waals surface area contributed by atoms with Gasteiger partial charge in [-0.1, -0.05) is 24.9 Å². The molecule has 1 aliphatic carbocycles. The van der Waals surface area contributed by atoms with Crippen molar-refractivity contribution in [1.29, 1.82) is 0 Å². The number of hydrogen-bond acceptors (Lipinski definition) is 3. The summed E-state index contributed by atoms with van der Waals surface area (Å²) in [5, 5.41) is 3.20. The van der Waals surface area contributed by atoms with Gasteiger partial charge in [0, 0.05) is 6.04 Å². The second-order valence-electron chi connectivity index (χ2n) is 3.71. The minimum atomic E-state index is -0.167. The molecule has 0 aliphatic heterocycles. The Balaban J connectivity index is 1.94. The van der Waals surface area contributed by atoms with Crippen molar-refractivity contribution >= 4 is 17.5 Å². The van der Waals surface area contributed by atoms with E-state index in [1.165, 1.54) is 12.4 Å². The van der Waals surface area contributed by atoms with Crippen molar-refractivity contribution in [1.82, 2.24) is 15.3 Å². The second kappa shape index (κ2) is 4.14. The number of nitrogens with zero attached hydrogens (tertiary/aromatic N) is 2. The maximum atomic E-state index is 11.6. The topological polar surface area (TPSA) is 54.9 Å². The van der Waals surface area contributed by atoms with Gasteiger partial charge in [0.1, 0.15) is 10.8 Å². The molecule has 4 nitrogen and oxygen atoms in total. The van der Waals surface area contributed by atoms with Crippen molar-refractivity contribution in [3.63, 3.8) is 0 Å². The molecule has 0 saturated heterocycles. The van der Waals surface area contributed by atoms with Gasteiger partial charge in [-0.05, 0) is 12.3 Å². The van der Waals surface area contributed by atoms with Gasteiger partial charge in [-0.3, -0.25) is 4.79 Å². The lowest BCUT2D eigenvalue weighted by molar-refractivity contribution is 0.0943. The van der Waals surface area contributed by atoms with Crippen LogP contribution in [-0.2, 0) is 0 Å². The zero-order valence-corrected chi connectivity index (χ0v) is 9.16. The van der Waals surface area contributed by atoms with Crippen LogP contribution in [0.1, 0.15) is 30.3 Å². The van der Waals surface area contributed by atoms with Crippen LogP contribution >= 0.6 is 11.6 Å². The van der Waals surface area contributed by atoms with Crippen molar-refractivity contribution in [2.45, 2.75) is 25.8 Å². The van der Waals surface area contributed by atoms with Crippen LogP contribution < -0.4 is 5.32 Å². The van der Waals surface area contributed by atoms with E-state index in [4.69, 9.17) is 11.6 Å². The van der Waals surface area contributed by atoms with E-state index in [9.17, 15) is 4.79 Å². The van der Waals surface area contributed by atoms with Gasteiger partial charge < -0.3 is 5.32 Å². The molecular formula is C10H12ClN3O. The van der Waals surface area contributed by atoms with Gasteiger partial charge in [0.25, 0.3) is 5.91 Å². The van der Waals surface area contributed by atoms with Crippen molar-refractivity contribution in [2.75, 3.05) is 0 Å². The summed E-state index contributed by atoms with van der Waals surface area (Å²) < 4.78 is 0. The molecule has 0 radical (unpaired) electrons. The molecule has 2 unspecified atom stereocenters. The zero-order chi connectivity index (χ0) is 10.8. The monoisotopic (exact) mass is 225 g/mol. The van der Waals surface area contributed by atoms with E-state index in [2.05, 4.69) is 22.2 Å². The largest absolute Gasteiger partial charge is 0.348 e. The first kappa shape index (κ1) is 10.4. The van der Waals surface area contributed by atoms with Gasteiger partial charge in [-0.15, -0.1) is 0 Å². The summed E-state index contributed by atoms with van der Waals surface area (Å²) in [6.45, 7) is 2.12. The fraction of sp³-hybridized carbons (Fsp3) is 0.500. The van der Waals surface area contributed by atoms with Crippen LogP contribution in [0.5, 0.6) is 0 Å². The number of hydrogen-bond donors (Lipinski definition) is 1. The Morgan fingerprint density at radius 1 is 1.60 bits per heavy atom. The Kier molecular flexibility index (Phi) is 2.86. The molecule has 5 heteroatoms. The van der Waals surface area contributed by atoms with Crippen LogP contribution in [0, 0.1) is 5.92 Å².